The van der Waals surface area contributed by atoms with Crippen molar-refractivity contribution in [2.75, 3.05) is 7.11 Å². The third-order valence-electron chi connectivity index (χ3n) is 6.05. The van der Waals surface area contributed by atoms with Gasteiger partial charge in [0, 0.05) is 6.42 Å². The average Bonchev–Trinajstić information content (AvgIpc) is 3.28. The highest BCUT2D eigenvalue weighted by Crippen LogP contribution is 2.37. The Labute approximate surface area is 214 Å². The number of carbonyl (C=O) groups is 2. The number of hydrogen-bond acceptors (Lipinski definition) is 6. The molecule has 0 saturated carbocycles. The summed E-state index contributed by atoms with van der Waals surface area (Å²) in [7, 11) is 1.29. The van der Waals surface area contributed by atoms with Gasteiger partial charge in [-0.25, -0.2) is 14.6 Å². The van der Waals surface area contributed by atoms with E-state index < -0.39 is 23.7 Å². The van der Waals surface area contributed by atoms with Gasteiger partial charge >= 0.3 is 12.1 Å². The lowest BCUT2D eigenvalue weighted by atomic mass is 9.97. The molecule has 0 aliphatic rings. The van der Waals surface area contributed by atoms with Crippen molar-refractivity contribution in [3.63, 3.8) is 0 Å². The molecular formula is C30H28N2O5. The predicted molar refractivity (Wildman–Crippen MR) is 143 cm³/mol. The zero-order valence-electron chi connectivity index (χ0n) is 21.2. The van der Waals surface area contributed by atoms with Gasteiger partial charge in [-0.1, -0.05) is 54.6 Å². The number of carbonyl (C=O) groups excluding carboxylic acids is 2. The number of benzene rings is 4. The van der Waals surface area contributed by atoms with Crippen LogP contribution in [0.5, 0.6) is 0 Å². The number of oxazole rings is 1. The van der Waals surface area contributed by atoms with Gasteiger partial charge in [0.1, 0.15) is 17.2 Å². The molecule has 1 atom stereocenters. The Morgan fingerprint density at radius 2 is 1.59 bits per heavy atom. The Morgan fingerprint density at radius 3 is 2.22 bits per heavy atom. The molecule has 0 aliphatic carbocycles. The zero-order chi connectivity index (χ0) is 26.2. The summed E-state index contributed by atoms with van der Waals surface area (Å²) in [5.41, 5.74) is 2.33. The molecule has 1 aromatic heterocycles. The van der Waals surface area contributed by atoms with Crippen molar-refractivity contribution in [3.8, 4) is 11.5 Å². The van der Waals surface area contributed by atoms with Crippen molar-refractivity contribution in [3.05, 3.63) is 78.4 Å². The molecule has 7 heteroatoms. The van der Waals surface area contributed by atoms with E-state index in [4.69, 9.17) is 18.9 Å². The SMILES string of the molecule is COC(=O)C(Cc1ccc2oc(-c3c4ccccc4cc4ccccc34)nc2c1)NC(=O)OC(C)(C)C. The zero-order valence-corrected chi connectivity index (χ0v) is 21.2. The molecule has 0 saturated heterocycles. The highest BCUT2D eigenvalue weighted by atomic mass is 16.6. The molecule has 5 aromatic rings. The van der Waals surface area contributed by atoms with Crippen molar-refractivity contribution >= 4 is 44.7 Å². The Balaban J connectivity index is 1.51. The van der Waals surface area contributed by atoms with E-state index in [1.807, 2.05) is 42.5 Å². The normalized spacial score (nSPS) is 12.5. The lowest BCUT2D eigenvalue weighted by Gasteiger charge is -2.22. The number of nitrogens with zero attached hydrogens (tertiary/aromatic N) is 1. The molecule has 0 fully saturated rings. The van der Waals surface area contributed by atoms with Crippen LogP contribution in [0.4, 0.5) is 4.79 Å². The Kier molecular flexibility index (Phi) is 6.29. The maximum atomic E-state index is 12.4. The lowest BCUT2D eigenvalue weighted by molar-refractivity contribution is -0.143. The third kappa shape index (κ3) is 5.11. The van der Waals surface area contributed by atoms with Gasteiger partial charge in [-0.3, -0.25) is 0 Å². The van der Waals surface area contributed by atoms with Crippen molar-refractivity contribution in [1.82, 2.24) is 10.3 Å². The van der Waals surface area contributed by atoms with E-state index in [-0.39, 0.29) is 6.42 Å². The van der Waals surface area contributed by atoms with Crippen LogP contribution in [-0.4, -0.2) is 35.8 Å². The molecule has 5 rings (SSSR count). The highest BCUT2D eigenvalue weighted by Gasteiger charge is 2.26. The first-order chi connectivity index (χ1) is 17.7. The number of fused-ring (bicyclic) bond motifs is 3. The molecule has 188 valence electrons. The van der Waals surface area contributed by atoms with Gasteiger partial charge < -0.3 is 19.2 Å². The lowest BCUT2D eigenvalue weighted by Crippen LogP contribution is -2.45. The van der Waals surface area contributed by atoms with Crippen LogP contribution in [-0.2, 0) is 20.7 Å². The Morgan fingerprint density at radius 1 is 0.946 bits per heavy atom. The summed E-state index contributed by atoms with van der Waals surface area (Å²) in [6, 6.07) is 23.1. The standard InChI is InChI=1S/C30H28N2O5/c1-30(2,3)37-29(34)32-24(28(33)35-4)16-18-13-14-25-23(15-18)31-27(36-25)26-21-11-7-5-9-19(21)17-20-10-6-8-12-22(20)26/h5-15,17,24H,16H2,1-4H3,(H,32,34). The number of aromatic nitrogens is 1. The van der Waals surface area contributed by atoms with E-state index in [2.05, 4.69) is 35.6 Å². The fourth-order valence-electron chi connectivity index (χ4n) is 4.47. The molecule has 0 radical (unpaired) electrons. The summed E-state index contributed by atoms with van der Waals surface area (Å²) in [5, 5.41) is 6.93. The maximum absolute atomic E-state index is 12.4. The van der Waals surface area contributed by atoms with Crippen molar-refractivity contribution in [1.29, 1.82) is 0 Å². The van der Waals surface area contributed by atoms with Crippen molar-refractivity contribution in [2.24, 2.45) is 0 Å². The van der Waals surface area contributed by atoms with E-state index in [0.717, 1.165) is 32.7 Å². The van der Waals surface area contributed by atoms with Crippen molar-refractivity contribution < 1.29 is 23.5 Å². The summed E-state index contributed by atoms with van der Waals surface area (Å²) < 4.78 is 16.4. The Hall–Kier alpha value is -4.39. The minimum absolute atomic E-state index is 0.210. The summed E-state index contributed by atoms with van der Waals surface area (Å²) in [4.78, 5) is 29.5. The third-order valence-corrected chi connectivity index (χ3v) is 6.05. The first kappa shape index (κ1) is 24.3. The van der Waals surface area contributed by atoms with Crippen LogP contribution in [0.15, 0.2) is 77.2 Å². The number of nitrogens with one attached hydrogen (secondary N) is 1. The second-order valence-electron chi connectivity index (χ2n) is 9.94. The summed E-state index contributed by atoms with van der Waals surface area (Å²) in [6.45, 7) is 5.28. The van der Waals surface area contributed by atoms with Crippen LogP contribution < -0.4 is 5.32 Å². The minimum Gasteiger partial charge on any atom is -0.467 e. The number of rotatable bonds is 5. The summed E-state index contributed by atoms with van der Waals surface area (Å²) in [6.07, 6.45) is -0.475. The molecular weight excluding hydrogens is 468 g/mol. The molecule has 4 aromatic carbocycles. The van der Waals surface area contributed by atoms with E-state index in [0.29, 0.717) is 17.0 Å². The van der Waals surface area contributed by atoms with E-state index in [1.54, 1.807) is 20.8 Å². The molecule has 1 heterocycles. The molecule has 0 aliphatic heterocycles. The monoisotopic (exact) mass is 496 g/mol. The van der Waals surface area contributed by atoms with E-state index in [9.17, 15) is 9.59 Å². The fourth-order valence-corrected chi connectivity index (χ4v) is 4.47. The largest absolute Gasteiger partial charge is 0.467 e. The Bertz CT molecular complexity index is 1580. The smallest absolute Gasteiger partial charge is 0.408 e. The minimum atomic E-state index is -0.911. The quantitative estimate of drug-likeness (QED) is 0.223. The molecule has 0 bridgehead atoms. The van der Waals surface area contributed by atoms with E-state index in [1.165, 1.54) is 7.11 Å². The van der Waals surface area contributed by atoms with Crippen LogP contribution >= 0.6 is 0 Å². The predicted octanol–water partition coefficient (Wildman–Crippen LogP) is 6.41. The van der Waals surface area contributed by atoms with Crippen LogP contribution in [0.1, 0.15) is 26.3 Å². The number of amides is 1. The molecule has 1 unspecified atom stereocenters. The summed E-state index contributed by atoms with van der Waals surface area (Å²) >= 11 is 0. The number of esters is 1. The van der Waals surface area contributed by atoms with Gasteiger partial charge in [0.2, 0.25) is 5.89 Å². The van der Waals surface area contributed by atoms with Gasteiger partial charge in [0.15, 0.2) is 5.58 Å². The van der Waals surface area contributed by atoms with Gasteiger partial charge in [-0.15, -0.1) is 0 Å². The number of hydrogen-bond donors (Lipinski definition) is 1. The number of ether oxygens (including phenoxy) is 2. The van der Waals surface area contributed by atoms with Crippen LogP contribution in [0.25, 0.3) is 44.1 Å². The first-order valence-corrected chi connectivity index (χ1v) is 12.1. The van der Waals surface area contributed by atoms with Gasteiger partial charge in [-0.2, -0.15) is 0 Å². The fraction of sp³-hybridized carbons (Fsp3) is 0.233. The molecule has 1 N–H and O–H groups in total. The topological polar surface area (TPSA) is 90.7 Å². The molecule has 37 heavy (non-hydrogen) atoms. The molecule has 0 spiro atoms. The van der Waals surface area contributed by atoms with Crippen LogP contribution in [0, 0.1) is 0 Å². The molecule has 7 nitrogen and oxygen atoms in total. The second kappa shape index (κ2) is 9.58. The van der Waals surface area contributed by atoms with Crippen LogP contribution in [0.2, 0.25) is 0 Å². The maximum Gasteiger partial charge on any atom is 0.408 e. The van der Waals surface area contributed by atoms with Crippen molar-refractivity contribution in [2.45, 2.75) is 38.8 Å². The first-order valence-electron chi connectivity index (χ1n) is 12.1. The summed E-state index contributed by atoms with van der Waals surface area (Å²) in [5.74, 6) is -0.0365. The number of methoxy groups -OCH3 is 1. The average molecular weight is 497 g/mol. The van der Waals surface area contributed by atoms with Gasteiger partial charge in [0.05, 0.1) is 12.7 Å². The number of alkyl carbamates (subject to hydrolysis) is 1. The van der Waals surface area contributed by atoms with E-state index >= 15 is 0 Å². The second-order valence-corrected chi connectivity index (χ2v) is 9.94. The molecule has 1 amide bonds. The van der Waals surface area contributed by atoms with Gasteiger partial charge in [-0.05, 0) is 66.1 Å². The van der Waals surface area contributed by atoms with Crippen LogP contribution in [0.3, 0.4) is 0 Å². The van der Waals surface area contributed by atoms with Gasteiger partial charge in [0.25, 0.3) is 0 Å². The highest BCUT2D eigenvalue weighted by molar-refractivity contribution is 6.11.